The molecule has 7 heteroatoms. The summed E-state index contributed by atoms with van der Waals surface area (Å²) >= 11 is 0. The number of rotatable bonds is 7. The van der Waals surface area contributed by atoms with Crippen LogP contribution in [0.3, 0.4) is 0 Å². The van der Waals surface area contributed by atoms with Gasteiger partial charge in [-0.15, -0.1) is 0 Å². The maximum Gasteiger partial charge on any atom is 0.234 e. The molecule has 1 unspecified atom stereocenters. The Bertz CT molecular complexity index is 985. The summed E-state index contributed by atoms with van der Waals surface area (Å²) in [5.41, 5.74) is 13.8. The molecule has 1 aliphatic rings. The summed E-state index contributed by atoms with van der Waals surface area (Å²) in [4.78, 5) is 22.1. The lowest BCUT2D eigenvalue weighted by Crippen LogP contribution is -2.37. The van der Waals surface area contributed by atoms with Crippen LogP contribution in [0.15, 0.2) is 35.3 Å². The number of aryl methyl sites for hydroxylation is 1. The molecule has 154 valence electrons. The highest BCUT2D eigenvalue weighted by Gasteiger charge is 2.21. The lowest BCUT2D eigenvalue weighted by atomic mass is 10.0. The maximum absolute atomic E-state index is 12.9. The average Bonchev–Trinajstić information content (AvgIpc) is 3.04. The molecule has 0 saturated carbocycles. The van der Waals surface area contributed by atoms with Crippen molar-refractivity contribution in [2.75, 3.05) is 18.0 Å². The van der Waals surface area contributed by atoms with Crippen LogP contribution < -0.4 is 32.3 Å². The van der Waals surface area contributed by atoms with Crippen molar-refractivity contribution in [2.24, 2.45) is 22.4 Å². The highest BCUT2D eigenvalue weighted by molar-refractivity contribution is 6.01. The van der Waals surface area contributed by atoms with Gasteiger partial charge in [-0.2, -0.15) is 0 Å². The maximum atomic E-state index is 12.9. The molecule has 0 saturated heterocycles. The normalized spacial score (nSPS) is 16.3. The number of H-pyrrole nitrogens is 1. The molecule has 7 nitrogen and oxygen atoms in total. The van der Waals surface area contributed by atoms with Gasteiger partial charge in [0.05, 0.1) is 0 Å². The fourth-order valence-electron chi connectivity index (χ4n) is 3.36. The molecule has 3 rings (SSSR count). The first kappa shape index (κ1) is 20.7. The molecule has 0 aliphatic carbocycles. The molecule has 0 fully saturated rings. The van der Waals surface area contributed by atoms with Crippen LogP contribution in [-0.4, -0.2) is 29.9 Å². The summed E-state index contributed by atoms with van der Waals surface area (Å²) in [5.74, 6) is 0.163. The van der Waals surface area contributed by atoms with Crippen LogP contribution in [0.4, 0.5) is 5.69 Å². The molecule has 2 heterocycles. The minimum absolute atomic E-state index is 0.0745. The Balaban J connectivity index is 1.70. The van der Waals surface area contributed by atoms with E-state index in [-0.39, 0.29) is 17.8 Å². The highest BCUT2D eigenvalue weighted by Crippen LogP contribution is 2.20. The van der Waals surface area contributed by atoms with E-state index in [1.54, 1.807) is 4.90 Å². The molecule has 6 N–H and O–H groups in total. The monoisotopic (exact) mass is 394 g/mol. The summed E-state index contributed by atoms with van der Waals surface area (Å²) in [6.45, 7) is 6.21. The van der Waals surface area contributed by atoms with Crippen LogP contribution >= 0.6 is 0 Å². The van der Waals surface area contributed by atoms with E-state index in [0.717, 1.165) is 53.4 Å². The number of fused-ring (bicyclic) bond motifs is 1. The van der Waals surface area contributed by atoms with Crippen molar-refractivity contribution in [1.82, 2.24) is 10.3 Å². The molecule has 1 aromatic heterocycles. The summed E-state index contributed by atoms with van der Waals surface area (Å²) in [7, 11) is 0. The Hall–Kier alpha value is -3.06. The van der Waals surface area contributed by atoms with Gasteiger partial charge >= 0.3 is 0 Å². The van der Waals surface area contributed by atoms with Gasteiger partial charge in [0.1, 0.15) is 0 Å². The SMILES string of the molecule is Cc1cc2c([nH]1)=CCC(C)C(=O)N(c1ccc(CNCCCN=C(N)N)cc1)C=2. The summed E-state index contributed by atoms with van der Waals surface area (Å²) in [6.07, 6.45) is 5.64. The lowest BCUT2D eigenvalue weighted by molar-refractivity contribution is -0.120. The number of carbonyl (C=O) groups is 1. The molecule has 1 aliphatic heterocycles. The number of hydrogen-bond acceptors (Lipinski definition) is 3. The minimum Gasteiger partial charge on any atom is -0.370 e. The van der Waals surface area contributed by atoms with Gasteiger partial charge in [-0.05, 0) is 50.1 Å². The molecular formula is C22H30N6O. The number of nitrogens with zero attached hydrogens (tertiary/aromatic N) is 2. The van der Waals surface area contributed by atoms with Crippen molar-refractivity contribution in [2.45, 2.75) is 33.2 Å². The molecule has 1 aromatic carbocycles. The predicted octanol–water partition coefficient (Wildman–Crippen LogP) is 0.668. The van der Waals surface area contributed by atoms with Gasteiger partial charge in [-0.25, -0.2) is 0 Å². The zero-order chi connectivity index (χ0) is 20.8. The van der Waals surface area contributed by atoms with Gasteiger partial charge < -0.3 is 21.8 Å². The van der Waals surface area contributed by atoms with Gasteiger partial charge in [0, 0.05) is 47.2 Å². The zero-order valence-corrected chi connectivity index (χ0v) is 17.1. The van der Waals surface area contributed by atoms with Crippen molar-refractivity contribution < 1.29 is 4.79 Å². The van der Waals surface area contributed by atoms with E-state index < -0.39 is 0 Å². The number of anilines is 1. The van der Waals surface area contributed by atoms with Gasteiger partial charge in [-0.1, -0.05) is 25.1 Å². The van der Waals surface area contributed by atoms with Crippen molar-refractivity contribution in [1.29, 1.82) is 0 Å². The Labute approximate surface area is 171 Å². The second kappa shape index (κ2) is 9.43. The van der Waals surface area contributed by atoms with Crippen molar-refractivity contribution in [3.8, 4) is 0 Å². The number of aromatic nitrogens is 1. The Morgan fingerprint density at radius 2 is 2.07 bits per heavy atom. The summed E-state index contributed by atoms with van der Waals surface area (Å²) < 4.78 is 0. The van der Waals surface area contributed by atoms with Gasteiger partial charge in [0.25, 0.3) is 0 Å². The van der Waals surface area contributed by atoms with E-state index in [4.69, 9.17) is 11.5 Å². The Kier molecular flexibility index (Phi) is 6.72. The largest absolute Gasteiger partial charge is 0.370 e. The van der Waals surface area contributed by atoms with Crippen molar-refractivity contribution >= 4 is 29.8 Å². The van der Waals surface area contributed by atoms with E-state index in [1.165, 1.54) is 0 Å². The van der Waals surface area contributed by atoms with Crippen LogP contribution in [0.5, 0.6) is 0 Å². The van der Waals surface area contributed by atoms with Gasteiger partial charge in [0.15, 0.2) is 5.96 Å². The molecule has 2 aromatic rings. The third-order valence-corrected chi connectivity index (χ3v) is 4.97. The minimum atomic E-state index is -0.0745. The van der Waals surface area contributed by atoms with Crippen LogP contribution in [0, 0.1) is 12.8 Å². The Morgan fingerprint density at radius 1 is 1.31 bits per heavy atom. The number of carbonyl (C=O) groups excluding carboxylic acids is 1. The number of hydrogen-bond donors (Lipinski definition) is 4. The summed E-state index contributed by atoms with van der Waals surface area (Å²) in [6, 6.07) is 10.2. The van der Waals surface area contributed by atoms with Crippen LogP contribution in [0.2, 0.25) is 0 Å². The van der Waals surface area contributed by atoms with E-state index in [2.05, 4.69) is 39.6 Å². The van der Waals surface area contributed by atoms with Crippen molar-refractivity contribution in [3.05, 3.63) is 52.2 Å². The molecule has 0 radical (unpaired) electrons. The zero-order valence-electron chi connectivity index (χ0n) is 17.1. The average molecular weight is 395 g/mol. The standard InChI is InChI=1S/C22H30N6O/c1-15-4-9-20-18(12-16(2)27-20)14-28(21(15)29)19-7-5-17(6-8-19)13-25-10-3-11-26-22(23)24/h5-9,12,14-15,25,27H,3-4,10-11,13H2,1-2H3,(H4,23,24,26). The number of nitrogens with two attached hydrogens (primary N) is 2. The first-order chi connectivity index (χ1) is 13.9. The van der Waals surface area contributed by atoms with E-state index in [9.17, 15) is 4.79 Å². The van der Waals surface area contributed by atoms with Crippen LogP contribution in [-0.2, 0) is 11.3 Å². The van der Waals surface area contributed by atoms with Crippen LogP contribution in [0.1, 0.15) is 31.0 Å². The molecule has 1 atom stereocenters. The number of guanidine groups is 1. The number of aliphatic imine (C=N–C) groups is 1. The van der Waals surface area contributed by atoms with Crippen LogP contribution in [0.25, 0.3) is 12.3 Å². The highest BCUT2D eigenvalue weighted by atomic mass is 16.2. The van der Waals surface area contributed by atoms with E-state index >= 15 is 0 Å². The third kappa shape index (κ3) is 5.48. The molecule has 0 spiro atoms. The third-order valence-electron chi connectivity index (χ3n) is 4.97. The Morgan fingerprint density at radius 3 is 2.79 bits per heavy atom. The lowest BCUT2D eigenvalue weighted by Gasteiger charge is -2.23. The van der Waals surface area contributed by atoms with Gasteiger partial charge in [0.2, 0.25) is 5.91 Å². The molecule has 29 heavy (non-hydrogen) atoms. The fraction of sp³-hybridized carbons (Fsp3) is 0.364. The first-order valence-electron chi connectivity index (χ1n) is 10.00. The van der Waals surface area contributed by atoms with Crippen molar-refractivity contribution in [3.63, 3.8) is 0 Å². The second-order valence-corrected chi connectivity index (χ2v) is 7.50. The second-order valence-electron chi connectivity index (χ2n) is 7.50. The molecule has 0 bridgehead atoms. The molecule has 1 amide bonds. The first-order valence-corrected chi connectivity index (χ1v) is 10.00. The summed E-state index contributed by atoms with van der Waals surface area (Å²) in [5, 5.41) is 5.49. The number of amides is 1. The van der Waals surface area contributed by atoms with E-state index in [1.807, 2.05) is 32.2 Å². The quantitative estimate of drug-likeness (QED) is 0.314. The fourth-order valence-corrected chi connectivity index (χ4v) is 3.36. The topological polar surface area (TPSA) is 113 Å². The van der Waals surface area contributed by atoms with E-state index in [0.29, 0.717) is 6.54 Å². The smallest absolute Gasteiger partial charge is 0.234 e. The number of aromatic amines is 1. The predicted molar refractivity (Wildman–Crippen MR) is 118 cm³/mol. The number of benzene rings is 1. The number of nitrogens with one attached hydrogen (secondary N) is 2. The van der Waals surface area contributed by atoms with Gasteiger partial charge in [-0.3, -0.25) is 14.7 Å². The molecular weight excluding hydrogens is 364 g/mol.